The van der Waals surface area contributed by atoms with E-state index in [4.69, 9.17) is 10.00 Å². The van der Waals surface area contributed by atoms with Gasteiger partial charge in [0.1, 0.15) is 6.61 Å². The molecule has 0 radical (unpaired) electrons. The summed E-state index contributed by atoms with van der Waals surface area (Å²) in [7, 11) is 0. The van der Waals surface area contributed by atoms with Gasteiger partial charge >= 0.3 is 5.97 Å². The minimum atomic E-state index is -0.404. The molecule has 2 aromatic carbocycles. The highest BCUT2D eigenvalue weighted by Crippen LogP contribution is 2.11. The predicted octanol–water partition coefficient (Wildman–Crippen LogP) is 3.62. The van der Waals surface area contributed by atoms with Crippen molar-refractivity contribution in [1.82, 2.24) is 0 Å². The molecule has 0 aliphatic rings. The molecule has 21 heavy (non-hydrogen) atoms. The zero-order chi connectivity index (χ0) is 14.9. The highest BCUT2D eigenvalue weighted by molar-refractivity contribution is 5.91. The van der Waals surface area contributed by atoms with E-state index in [-0.39, 0.29) is 13.0 Å². The van der Waals surface area contributed by atoms with Crippen molar-refractivity contribution >= 4 is 12.0 Å². The summed E-state index contributed by atoms with van der Waals surface area (Å²) >= 11 is 0. The molecule has 0 unspecified atom stereocenters. The van der Waals surface area contributed by atoms with Gasteiger partial charge in [-0.2, -0.15) is 5.26 Å². The zero-order valence-electron chi connectivity index (χ0n) is 11.5. The van der Waals surface area contributed by atoms with E-state index in [0.717, 1.165) is 5.56 Å². The van der Waals surface area contributed by atoms with Gasteiger partial charge < -0.3 is 4.74 Å². The maximum atomic E-state index is 12.0. The fraction of sp³-hybridized carbons (Fsp3) is 0.111. The molecule has 0 N–H and O–H groups in total. The summed E-state index contributed by atoms with van der Waals surface area (Å²) in [5, 5.41) is 8.75. The van der Waals surface area contributed by atoms with E-state index >= 15 is 0 Å². The fourth-order valence-electron chi connectivity index (χ4n) is 1.91. The lowest BCUT2D eigenvalue weighted by Crippen LogP contribution is -2.08. The van der Waals surface area contributed by atoms with Crippen LogP contribution in [0.25, 0.3) is 6.08 Å². The molecular formula is C18H15NO2. The summed E-state index contributed by atoms with van der Waals surface area (Å²) in [5.41, 5.74) is 2.20. The molecule has 3 heteroatoms. The predicted molar refractivity (Wildman–Crippen MR) is 81.5 cm³/mol. The van der Waals surface area contributed by atoms with Crippen LogP contribution in [-0.4, -0.2) is 12.6 Å². The van der Waals surface area contributed by atoms with Crippen LogP contribution >= 0.6 is 0 Å². The van der Waals surface area contributed by atoms with Crippen molar-refractivity contribution in [1.29, 1.82) is 5.26 Å². The molecule has 104 valence electrons. The Morgan fingerprint density at radius 1 is 1.10 bits per heavy atom. The van der Waals surface area contributed by atoms with Crippen molar-refractivity contribution in [3.05, 3.63) is 77.4 Å². The largest absolute Gasteiger partial charge is 0.458 e. The number of ether oxygens (including phenoxy) is 1. The van der Waals surface area contributed by atoms with Crippen LogP contribution in [0, 0.1) is 11.3 Å². The minimum absolute atomic E-state index is 0.200. The number of carbonyl (C=O) groups excluding carboxylic acids is 1. The average molecular weight is 277 g/mol. The number of esters is 1. The normalized spacial score (nSPS) is 10.2. The van der Waals surface area contributed by atoms with Crippen LogP contribution in [0.2, 0.25) is 0 Å². The summed E-state index contributed by atoms with van der Waals surface area (Å²) < 4.78 is 5.20. The molecule has 0 aliphatic heterocycles. The maximum absolute atomic E-state index is 12.0. The van der Waals surface area contributed by atoms with Crippen LogP contribution in [0.15, 0.2) is 60.7 Å². The Kier molecular flexibility index (Phi) is 5.31. The van der Waals surface area contributed by atoms with Crippen molar-refractivity contribution in [2.24, 2.45) is 0 Å². The lowest BCUT2D eigenvalue weighted by molar-refractivity contribution is 0.0549. The number of hydrogen-bond acceptors (Lipinski definition) is 3. The van der Waals surface area contributed by atoms with Gasteiger partial charge in [0.15, 0.2) is 0 Å². The topological polar surface area (TPSA) is 50.1 Å². The molecule has 0 atom stereocenters. The van der Waals surface area contributed by atoms with Gasteiger partial charge in [0, 0.05) is 0 Å². The van der Waals surface area contributed by atoms with E-state index in [2.05, 4.69) is 0 Å². The first-order chi connectivity index (χ1) is 10.3. The molecular weight excluding hydrogens is 262 g/mol. The van der Waals surface area contributed by atoms with Crippen LogP contribution in [0.3, 0.4) is 0 Å². The van der Waals surface area contributed by atoms with E-state index in [1.807, 2.05) is 42.5 Å². The first-order valence-corrected chi connectivity index (χ1v) is 6.65. The van der Waals surface area contributed by atoms with Crippen LogP contribution in [0.5, 0.6) is 0 Å². The highest BCUT2D eigenvalue weighted by atomic mass is 16.5. The van der Waals surface area contributed by atoms with E-state index in [9.17, 15) is 4.79 Å². The molecule has 0 amide bonds. The molecule has 0 saturated carbocycles. The van der Waals surface area contributed by atoms with E-state index < -0.39 is 5.97 Å². The van der Waals surface area contributed by atoms with Gasteiger partial charge in [-0.3, -0.25) is 0 Å². The van der Waals surface area contributed by atoms with Gasteiger partial charge in [0.2, 0.25) is 0 Å². The van der Waals surface area contributed by atoms with Gasteiger partial charge in [-0.1, -0.05) is 54.6 Å². The quantitative estimate of drug-likeness (QED) is 0.784. The van der Waals surface area contributed by atoms with Crippen molar-refractivity contribution in [2.75, 3.05) is 6.61 Å². The second-order valence-corrected chi connectivity index (χ2v) is 4.40. The molecule has 0 aliphatic carbocycles. The molecule has 0 aromatic heterocycles. The number of nitriles is 1. The molecule has 0 fully saturated rings. The molecule has 0 bridgehead atoms. The SMILES string of the molecule is N#CCc1ccccc1C(=O)OC/C=C/c1ccccc1. The second-order valence-electron chi connectivity index (χ2n) is 4.40. The molecule has 2 rings (SSSR count). The third-order valence-electron chi connectivity index (χ3n) is 2.93. The maximum Gasteiger partial charge on any atom is 0.338 e. The van der Waals surface area contributed by atoms with Gasteiger partial charge in [-0.05, 0) is 23.3 Å². The fourth-order valence-corrected chi connectivity index (χ4v) is 1.91. The van der Waals surface area contributed by atoms with E-state index in [1.54, 1.807) is 30.3 Å². The van der Waals surface area contributed by atoms with Gasteiger partial charge in [-0.15, -0.1) is 0 Å². The average Bonchev–Trinajstić information content (AvgIpc) is 2.53. The third kappa shape index (κ3) is 4.32. The van der Waals surface area contributed by atoms with Crippen LogP contribution in [-0.2, 0) is 11.2 Å². The van der Waals surface area contributed by atoms with Crippen LogP contribution in [0.4, 0.5) is 0 Å². The van der Waals surface area contributed by atoms with Gasteiger partial charge in [0.25, 0.3) is 0 Å². The minimum Gasteiger partial charge on any atom is -0.458 e. The third-order valence-corrected chi connectivity index (χ3v) is 2.93. The Balaban J connectivity index is 1.94. The summed E-state index contributed by atoms with van der Waals surface area (Å²) in [6, 6.07) is 18.8. The number of carbonyl (C=O) groups is 1. The summed E-state index contributed by atoms with van der Waals surface area (Å²) in [5.74, 6) is -0.404. The standard InChI is InChI=1S/C18H15NO2/c19-13-12-16-10-4-5-11-17(16)18(20)21-14-6-9-15-7-2-1-3-8-15/h1-11H,12,14H2/b9-6+. The lowest BCUT2D eigenvalue weighted by atomic mass is 10.1. The number of hydrogen-bond donors (Lipinski definition) is 0. The lowest BCUT2D eigenvalue weighted by Gasteiger charge is -2.05. The highest BCUT2D eigenvalue weighted by Gasteiger charge is 2.11. The summed E-state index contributed by atoms with van der Waals surface area (Å²) in [4.78, 5) is 12.0. The Bertz CT molecular complexity index is 669. The number of nitrogens with zero attached hydrogens (tertiary/aromatic N) is 1. The Morgan fingerprint density at radius 3 is 2.57 bits per heavy atom. The molecule has 3 nitrogen and oxygen atoms in total. The number of rotatable bonds is 5. The Hall–Kier alpha value is -2.86. The molecule has 2 aromatic rings. The van der Waals surface area contributed by atoms with Gasteiger partial charge in [0.05, 0.1) is 18.1 Å². The van der Waals surface area contributed by atoms with Crippen LogP contribution < -0.4 is 0 Å². The first kappa shape index (κ1) is 14.5. The summed E-state index contributed by atoms with van der Waals surface area (Å²) in [6.07, 6.45) is 3.89. The molecule has 0 heterocycles. The smallest absolute Gasteiger partial charge is 0.338 e. The molecule has 0 saturated heterocycles. The van der Waals surface area contributed by atoms with Crippen molar-refractivity contribution in [3.63, 3.8) is 0 Å². The Labute approximate surface area is 124 Å². The van der Waals surface area contributed by atoms with Crippen LogP contribution in [0.1, 0.15) is 21.5 Å². The van der Waals surface area contributed by atoms with Crippen molar-refractivity contribution < 1.29 is 9.53 Å². The number of benzene rings is 2. The first-order valence-electron chi connectivity index (χ1n) is 6.65. The van der Waals surface area contributed by atoms with E-state index in [1.165, 1.54) is 0 Å². The monoisotopic (exact) mass is 277 g/mol. The molecule has 0 spiro atoms. The van der Waals surface area contributed by atoms with Crippen molar-refractivity contribution in [3.8, 4) is 6.07 Å². The Morgan fingerprint density at radius 2 is 1.81 bits per heavy atom. The summed E-state index contributed by atoms with van der Waals surface area (Å²) in [6.45, 7) is 0.203. The van der Waals surface area contributed by atoms with Crippen molar-refractivity contribution in [2.45, 2.75) is 6.42 Å². The van der Waals surface area contributed by atoms with E-state index in [0.29, 0.717) is 11.1 Å². The second kappa shape index (κ2) is 7.66. The van der Waals surface area contributed by atoms with Gasteiger partial charge in [-0.25, -0.2) is 4.79 Å². The zero-order valence-corrected chi connectivity index (χ0v) is 11.5.